The first-order valence-corrected chi connectivity index (χ1v) is 8.54. The highest BCUT2D eigenvalue weighted by molar-refractivity contribution is 7.94. The number of halogens is 1. The van der Waals surface area contributed by atoms with Gasteiger partial charge in [-0.1, -0.05) is 11.6 Å². The molecule has 0 radical (unpaired) electrons. The number of rotatable bonds is 3. The van der Waals surface area contributed by atoms with E-state index in [-0.39, 0.29) is 4.21 Å². The molecule has 0 aliphatic carbocycles. The average Bonchev–Trinajstić information content (AvgIpc) is 2.67. The molecule has 4 nitrogen and oxygen atoms in total. The van der Waals surface area contributed by atoms with Gasteiger partial charge in [-0.3, -0.25) is 4.72 Å². The Morgan fingerprint density at radius 3 is 2.30 bits per heavy atom. The number of benzene rings is 1. The van der Waals surface area contributed by atoms with Crippen molar-refractivity contribution in [2.45, 2.75) is 25.0 Å². The number of hydrogen-bond donors (Lipinski definition) is 2. The molecule has 0 amide bonds. The van der Waals surface area contributed by atoms with E-state index < -0.39 is 10.0 Å². The van der Waals surface area contributed by atoms with Gasteiger partial charge in [0.2, 0.25) is 0 Å². The van der Waals surface area contributed by atoms with Crippen LogP contribution in [0.4, 0.5) is 11.4 Å². The molecule has 0 aliphatic heterocycles. The highest BCUT2D eigenvalue weighted by atomic mass is 35.5. The number of sulfonamides is 1. The smallest absolute Gasteiger partial charge is 0.271 e. The van der Waals surface area contributed by atoms with Gasteiger partial charge in [0, 0.05) is 5.69 Å². The summed E-state index contributed by atoms with van der Waals surface area (Å²) in [6, 6.07) is 5.04. The third-order valence-corrected chi connectivity index (χ3v) is 6.35. The van der Waals surface area contributed by atoms with Gasteiger partial charge in [0.1, 0.15) is 4.21 Å². The van der Waals surface area contributed by atoms with Gasteiger partial charge in [0.25, 0.3) is 10.0 Å². The van der Waals surface area contributed by atoms with Crippen molar-refractivity contribution >= 4 is 44.3 Å². The van der Waals surface area contributed by atoms with E-state index in [0.29, 0.717) is 15.7 Å². The van der Waals surface area contributed by atoms with Crippen LogP contribution in [0.5, 0.6) is 0 Å². The maximum absolute atomic E-state index is 12.3. The molecule has 20 heavy (non-hydrogen) atoms. The van der Waals surface area contributed by atoms with E-state index in [1.807, 2.05) is 6.92 Å². The molecule has 0 spiro atoms. The highest BCUT2D eigenvalue weighted by Gasteiger charge is 2.19. The lowest BCUT2D eigenvalue weighted by Gasteiger charge is -2.11. The van der Waals surface area contributed by atoms with Crippen LogP contribution >= 0.6 is 22.9 Å². The van der Waals surface area contributed by atoms with Crippen molar-refractivity contribution in [2.24, 2.45) is 0 Å². The molecular formula is C13H15ClN2O2S2. The molecule has 0 saturated carbocycles. The van der Waals surface area contributed by atoms with Crippen molar-refractivity contribution in [3.8, 4) is 0 Å². The van der Waals surface area contributed by atoms with Crippen LogP contribution in [0.15, 0.2) is 22.4 Å². The molecule has 1 heterocycles. The second-order valence-electron chi connectivity index (χ2n) is 4.65. The third-order valence-electron chi connectivity index (χ3n) is 2.96. The van der Waals surface area contributed by atoms with Crippen LogP contribution in [0, 0.1) is 20.8 Å². The Labute approximate surface area is 127 Å². The molecule has 0 fully saturated rings. The van der Waals surface area contributed by atoms with E-state index in [2.05, 4.69) is 4.72 Å². The summed E-state index contributed by atoms with van der Waals surface area (Å²) in [5, 5.41) is 0. The maximum atomic E-state index is 12.3. The van der Waals surface area contributed by atoms with Gasteiger partial charge in [-0.2, -0.15) is 0 Å². The number of nitrogens with two attached hydrogens (primary N) is 1. The molecule has 2 rings (SSSR count). The molecular weight excluding hydrogens is 316 g/mol. The minimum Gasteiger partial charge on any atom is -0.399 e. The van der Waals surface area contributed by atoms with Crippen molar-refractivity contribution < 1.29 is 8.42 Å². The number of aryl methyl sites for hydroxylation is 3. The fourth-order valence-electron chi connectivity index (χ4n) is 1.71. The number of nitrogen functional groups attached to an aromatic ring is 1. The lowest BCUT2D eigenvalue weighted by Crippen LogP contribution is -2.12. The Kier molecular flexibility index (Phi) is 4.00. The molecule has 108 valence electrons. The minimum absolute atomic E-state index is 0.203. The van der Waals surface area contributed by atoms with Crippen LogP contribution in [0.3, 0.4) is 0 Å². The number of anilines is 2. The Bertz CT molecular complexity index is 747. The van der Waals surface area contributed by atoms with Gasteiger partial charge in [-0.05, 0) is 55.7 Å². The molecule has 0 unspecified atom stereocenters. The summed E-state index contributed by atoms with van der Waals surface area (Å²) in [4.78, 5) is 0. The van der Waals surface area contributed by atoms with Gasteiger partial charge in [0.05, 0.1) is 10.0 Å². The van der Waals surface area contributed by atoms with Gasteiger partial charge in [-0.25, -0.2) is 8.42 Å². The summed E-state index contributed by atoms with van der Waals surface area (Å²) in [5.74, 6) is 0. The first-order valence-electron chi connectivity index (χ1n) is 5.86. The molecule has 0 bridgehead atoms. The van der Waals surface area contributed by atoms with Crippen LogP contribution in [0.1, 0.15) is 16.7 Å². The zero-order chi connectivity index (χ0) is 15.1. The van der Waals surface area contributed by atoms with Gasteiger partial charge >= 0.3 is 0 Å². The van der Waals surface area contributed by atoms with Gasteiger partial charge in [0.15, 0.2) is 0 Å². The molecule has 1 aromatic heterocycles. The zero-order valence-corrected chi connectivity index (χ0v) is 13.7. The Balaban J connectivity index is 2.40. The number of nitrogens with one attached hydrogen (secondary N) is 1. The van der Waals surface area contributed by atoms with Crippen LogP contribution < -0.4 is 10.5 Å². The first-order chi connectivity index (χ1) is 9.20. The third kappa shape index (κ3) is 2.92. The second kappa shape index (κ2) is 5.27. The SMILES string of the molecule is Cc1cc(NS(=O)(=O)c2cc(C)c(Cl)s2)c(C)cc1N. The standard InChI is InChI=1S/C13H15ClN2O2S2/c1-7-5-11(8(2)4-10(7)15)16-20(17,18)12-6-9(3)13(14)19-12/h4-6,16H,15H2,1-3H3. The van der Waals surface area contributed by atoms with Gasteiger partial charge < -0.3 is 5.73 Å². The van der Waals surface area contributed by atoms with Crippen molar-refractivity contribution in [2.75, 3.05) is 10.5 Å². The van der Waals surface area contributed by atoms with Crippen molar-refractivity contribution in [1.82, 2.24) is 0 Å². The van der Waals surface area contributed by atoms with E-state index in [1.165, 1.54) is 0 Å². The average molecular weight is 331 g/mol. The van der Waals surface area contributed by atoms with E-state index in [9.17, 15) is 8.42 Å². The van der Waals surface area contributed by atoms with Crippen molar-refractivity contribution in [3.05, 3.63) is 39.2 Å². The summed E-state index contributed by atoms with van der Waals surface area (Å²) < 4.78 is 27.9. The summed E-state index contributed by atoms with van der Waals surface area (Å²) in [7, 11) is -3.62. The van der Waals surface area contributed by atoms with E-state index >= 15 is 0 Å². The molecule has 7 heteroatoms. The predicted octanol–water partition coefficient (Wildman–Crippen LogP) is 3.71. The van der Waals surface area contributed by atoms with Crippen LogP contribution in [-0.4, -0.2) is 8.42 Å². The second-order valence-corrected chi connectivity index (χ2v) is 8.21. The number of hydrogen-bond acceptors (Lipinski definition) is 4. The summed E-state index contributed by atoms with van der Waals surface area (Å²) in [5.41, 5.74) is 9.31. The predicted molar refractivity (Wildman–Crippen MR) is 85.2 cm³/mol. The molecule has 0 atom stereocenters. The van der Waals surface area contributed by atoms with E-state index in [1.54, 1.807) is 32.0 Å². The quantitative estimate of drug-likeness (QED) is 0.843. The van der Waals surface area contributed by atoms with E-state index in [0.717, 1.165) is 28.0 Å². The lowest BCUT2D eigenvalue weighted by molar-refractivity contribution is 0.603. The summed E-state index contributed by atoms with van der Waals surface area (Å²) in [6.45, 7) is 5.41. The normalized spacial score (nSPS) is 11.6. The largest absolute Gasteiger partial charge is 0.399 e. The first kappa shape index (κ1) is 15.2. The van der Waals surface area contributed by atoms with Gasteiger partial charge in [-0.15, -0.1) is 11.3 Å². The molecule has 2 aromatic rings. The van der Waals surface area contributed by atoms with Crippen LogP contribution in [0.25, 0.3) is 0 Å². The Morgan fingerprint density at radius 1 is 1.10 bits per heavy atom. The Hall–Kier alpha value is -1.24. The number of thiophene rings is 1. The highest BCUT2D eigenvalue weighted by Crippen LogP contribution is 2.32. The molecule has 0 saturated heterocycles. The Morgan fingerprint density at radius 2 is 1.75 bits per heavy atom. The minimum atomic E-state index is -3.62. The topological polar surface area (TPSA) is 72.2 Å². The molecule has 3 N–H and O–H groups in total. The van der Waals surface area contributed by atoms with Crippen molar-refractivity contribution in [1.29, 1.82) is 0 Å². The zero-order valence-electron chi connectivity index (χ0n) is 11.3. The maximum Gasteiger partial charge on any atom is 0.271 e. The van der Waals surface area contributed by atoms with Crippen LogP contribution in [0.2, 0.25) is 4.34 Å². The lowest BCUT2D eigenvalue weighted by atomic mass is 10.1. The monoisotopic (exact) mass is 330 g/mol. The van der Waals surface area contributed by atoms with Crippen molar-refractivity contribution in [3.63, 3.8) is 0 Å². The fraction of sp³-hybridized carbons (Fsp3) is 0.231. The molecule has 0 aliphatic rings. The van der Waals surface area contributed by atoms with Crippen LogP contribution in [-0.2, 0) is 10.0 Å². The fourth-order valence-corrected chi connectivity index (χ4v) is 4.54. The van der Waals surface area contributed by atoms with E-state index in [4.69, 9.17) is 17.3 Å². The summed E-state index contributed by atoms with van der Waals surface area (Å²) >= 11 is 6.97. The molecule has 1 aromatic carbocycles. The summed E-state index contributed by atoms with van der Waals surface area (Å²) in [6.07, 6.45) is 0.